The van der Waals surface area contributed by atoms with Crippen molar-refractivity contribution in [2.24, 2.45) is 0 Å². The number of methoxy groups -OCH3 is 1. The highest BCUT2D eigenvalue weighted by Gasteiger charge is 2.32. The number of carbonyl (C=O) groups excluding carboxylic acids is 1. The normalized spacial score (nSPS) is 25.4. The van der Waals surface area contributed by atoms with E-state index in [0.717, 1.165) is 25.4 Å². The second-order valence-electron chi connectivity index (χ2n) is 5.68. The lowest BCUT2D eigenvalue weighted by Gasteiger charge is -2.35. The van der Waals surface area contributed by atoms with Gasteiger partial charge in [-0.25, -0.2) is 0 Å². The van der Waals surface area contributed by atoms with Crippen molar-refractivity contribution in [2.75, 3.05) is 33.4 Å². The van der Waals surface area contributed by atoms with Gasteiger partial charge in [-0.15, -0.1) is 0 Å². The van der Waals surface area contributed by atoms with Crippen LogP contribution in [0.5, 0.6) is 5.75 Å². The lowest BCUT2D eigenvalue weighted by Crippen LogP contribution is -2.50. The lowest BCUT2D eigenvalue weighted by molar-refractivity contribution is -0.0461. The predicted molar refractivity (Wildman–Crippen MR) is 79.7 cm³/mol. The Morgan fingerprint density at radius 1 is 1.43 bits per heavy atom. The molecule has 1 aromatic rings. The Labute approximate surface area is 125 Å². The average molecular weight is 290 g/mol. The first-order chi connectivity index (χ1) is 10.3. The summed E-state index contributed by atoms with van der Waals surface area (Å²) in [5.41, 5.74) is 0.644. The molecule has 2 heterocycles. The first-order valence-corrected chi connectivity index (χ1v) is 7.54. The van der Waals surface area contributed by atoms with Crippen LogP contribution in [-0.2, 0) is 4.74 Å². The molecule has 1 aromatic carbocycles. The van der Waals surface area contributed by atoms with E-state index >= 15 is 0 Å². The molecule has 5 heteroatoms. The molecule has 0 spiro atoms. The van der Waals surface area contributed by atoms with Gasteiger partial charge in [-0.1, -0.05) is 0 Å². The SMILES string of the molecule is COc1ccc(C(=O)NC[C@@H]2CN3CCC[C@H]3CO2)cc1. The number of fused-ring (bicyclic) bond motifs is 1. The van der Waals surface area contributed by atoms with Gasteiger partial charge in [0.15, 0.2) is 0 Å². The number of nitrogens with one attached hydrogen (secondary N) is 1. The highest BCUT2D eigenvalue weighted by atomic mass is 16.5. The zero-order valence-electron chi connectivity index (χ0n) is 12.4. The molecule has 2 fully saturated rings. The molecule has 2 aliphatic heterocycles. The van der Waals surface area contributed by atoms with Gasteiger partial charge < -0.3 is 14.8 Å². The Morgan fingerprint density at radius 3 is 3.00 bits per heavy atom. The van der Waals surface area contributed by atoms with Crippen LogP contribution < -0.4 is 10.1 Å². The van der Waals surface area contributed by atoms with E-state index in [9.17, 15) is 4.79 Å². The molecule has 2 aliphatic rings. The number of benzene rings is 1. The molecule has 5 nitrogen and oxygen atoms in total. The number of nitrogens with zero attached hydrogens (tertiary/aromatic N) is 1. The van der Waals surface area contributed by atoms with Crippen molar-refractivity contribution in [1.29, 1.82) is 0 Å². The molecule has 1 N–H and O–H groups in total. The number of hydrogen-bond acceptors (Lipinski definition) is 4. The maximum Gasteiger partial charge on any atom is 0.251 e. The summed E-state index contributed by atoms with van der Waals surface area (Å²) in [6.07, 6.45) is 2.60. The molecule has 3 rings (SSSR count). The number of amides is 1. The standard InChI is InChI=1S/C16H22N2O3/c1-20-14-6-4-12(5-7-14)16(19)17-9-15-10-18-8-2-3-13(18)11-21-15/h4-7,13,15H,2-3,8-11H2,1H3,(H,17,19)/t13-,15+/m0/s1. The van der Waals surface area contributed by atoms with E-state index in [-0.39, 0.29) is 12.0 Å². The van der Waals surface area contributed by atoms with Crippen LogP contribution in [0.4, 0.5) is 0 Å². The van der Waals surface area contributed by atoms with Crippen LogP contribution in [-0.4, -0.2) is 56.3 Å². The molecular formula is C16H22N2O3. The topological polar surface area (TPSA) is 50.8 Å². The molecule has 0 radical (unpaired) electrons. The van der Waals surface area contributed by atoms with Gasteiger partial charge in [0, 0.05) is 24.7 Å². The zero-order valence-corrected chi connectivity index (χ0v) is 12.4. The Hall–Kier alpha value is -1.59. The summed E-state index contributed by atoms with van der Waals surface area (Å²) in [5, 5.41) is 2.95. The quantitative estimate of drug-likeness (QED) is 0.908. The molecule has 0 bridgehead atoms. The predicted octanol–water partition coefficient (Wildman–Crippen LogP) is 1.29. The highest BCUT2D eigenvalue weighted by molar-refractivity contribution is 5.94. The number of rotatable bonds is 4. The summed E-state index contributed by atoms with van der Waals surface area (Å²) in [6.45, 7) is 3.45. The molecule has 0 unspecified atom stereocenters. The van der Waals surface area contributed by atoms with E-state index in [1.54, 1.807) is 31.4 Å². The number of hydrogen-bond donors (Lipinski definition) is 1. The van der Waals surface area contributed by atoms with Gasteiger partial charge >= 0.3 is 0 Å². The Kier molecular flexibility index (Phi) is 4.41. The fraction of sp³-hybridized carbons (Fsp3) is 0.562. The fourth-order valence-corrected chi connectivity index (χ4v) is 3.06. The first kappa shape index (κ1) is 14.4. The first-order valence-electron chi connectivity index (χ1n) is 7.54. The van der Waals surface area contributed by atoms with Crippen molar-refractivity contribution in [2.45, 2.75) is 25.0 Å². The second-order valence-corrected chi connectivity index (χ2v) is 5.68. The van der Waals surface area contributed by atoms with E-state index in [1.807, 2.05) is 0 Å². The zero-order chi connectivity index (χ0) is 14.7. The van der Waals surface area contributed by atoms with Crippen LogP contribution in [0, 0.1) is 0 Å². The largest absolute Gasteiger partial charge is 0.497 e. The fourth-order valence-electron chi connectivity index (χ4n) is 3.06. The Bertz CT molecular complexity index is 489. The van der Waals surface area contributed by atoms with Crippen LogP contribution in [0.1, 0.15) is 23.2 Å². The van der Waals surface area contributed by atoms with Crippen LogP contribution in [0.25, 0.3) is 0 Å². The van der Waals surface area contributed by atoms with Crippen molar-refractivity contribution in [1.82, 2.24) is 10.2 Å². The summed E-state index contributed by atoms with van der Waals surface area (Å²) >= 11 is 0. The van der Waals surface area contributed by atoms with Gasteiger partial charge in [-0.3, -0.25) is 9.69 Å². The number of carbonyl (C=O) groups is 1. The monoisotopic (exact) mass is 290 g/mol. The third-order valence-electron chi connectivity index (χ3n) is 4.30. The second kappa shape index (κ2) is 6.45. The van der Waals surface area contributed by atoms with E-state index < -0.39 is 0 Å². The summed E-state index contributed by atoms with van der Waals surface area (Å²) in [5.74, 6) is 0.687. The minimum Gasteiger partial charge on any atom is -0.497 e. The van der Waals surface area contributed by atoms with Gasteiger partial charge in [0.05, 0.1) is 19.8 Å². The van der Waals surface area contributed by atoms with Crippen LogP contribution >= 0.6 is 0 Å². The van der Waals surface area contributed by atoms with Crippen molar-refractivity contribution >= 4 is 5.91 Å². The minimum atomic E-state index is -0.0650. The van der Waals surface area contributed by atoms with Gasteiger partial charge in [0.25, 0.3) is 5.91 Å². The maximum absolute atomic E-state index is 12.1. The molecule has 114 valence electrons. The third kappa shape index (κ3) is 3.36. The molecule has 1 amide bonds. The number of ether oxygens (including phenoxy) is 2. The van der Waals surface area contributed by atoms with Gasteiger partial charge in [-0.05, 0) is 43.7 Å². The summed E-state index contributed by atoms with van der Waals surface area (Å²) in [7, 11) is 1.61. The summed E-state index contributed by atoms with van der Waals surface area (Å²) < 4.78 is 10.9. The Morgan fingerprint density at radius 2 is 2.24 bits per heavy atom. The van der Waals surface area contributed by atoms with Crippen molar-refractivity contribution < 1.29 is 14.3 Å². The minimum absolute atomic E-state index is 0.0650. The lowest BCUT2D eigenvalue weighted by atomic mass is 10.1. The molecule has 21 heavy (non-hydrogen) atoms. The molecule has 0 aliphatic carbocycles. The van der Waals surface area contributed by atoms with E-state index in [1.165, 1.54) is 12.8 Å². The Balaban J connectivity index is 1.49. The van der Waals surface area contributed by atoms with E-state index in [2.05, 4.69) is 10.2 Å². The van der Waals surface area contributed by atoms with Crippen molar-refractivity contribution in [3.8, 4) is 5.75 Å². The van der Waals surface area contributed by atoms with Crippen LogP contribution in [0.2, 0.25) is 0 Å². The van der Waals surface area contributed by atoms with Crippen molar-refractivity contribution in [3.05, 3.63) is 29.8 Å². The van der Waals surface area contributed by atoms with Gasteiger partial charge in [-0.2, -0.15) is 0 Å². The molecule has 0 aromatic heterocycles. The van der Waals surface area contributed by atoms with Crippen LogP contribution in [0.3, 0.4) is 0 Å². The van der Waals surface area contributed by atoms with Gasteiger partial charge in [0.1, 0.15) is 5.75 Å². The average Bonchev–Trinajstić information content (AvgIpc) is 3.00. The maximum atomic E-state index is 12.1. The number of morpholine rings is 1. The molecule has 0 saturated carbocycles. The third-order valence-corrected chi connectivity index (χ3v) is 4.30. The molecular weight excluding hydrogens is 268 g/mol. The molecule has 2 saturated heterocycles. The molecule has 2 atom stereocenters. The van der Waals surface area contributed by atoms with Gasteiger partial charge in [0.2, 0.25) is 0 Å². The summed E-state index contributed by atoms with van der Waals surface area (Å²) in [6, 6.07) is 7.72. The van der Waals surface area contributed by atoms with Crippen molar-refractivity contribution in [3.63, 3.8) is 0 Å². The highest BCUT2D eigenvalue weighted by Crippen LogP contribution is 2.22. The van der Waals surface area contributed by atoms with E-state index in [4.69, 9.17) is 9.47 Å². The van der Waals surface area contributed by atoms with Crippen LogP contribution in [0.15, 0.2) is 24.3 Å². The van der Waals surface area contributed by atoms with E-state index in [0.29, 0.717) is 18.2 Å². The summed E-state index contributed by atoms with van der Waals surface area (Å²) in [4.78, 5) is 14.6. The smallest absolute Gasteiger partial charge is 0.251 e.